The third kappa shape index (κ3) is 4.18. The van der Waals surface area contributed by atoms with Crippen LogP contribution in [0.4, 0.5) is 0 Å². The van der Waals surface area contributed by atoms with E-state index >= 15 is 0 Å². The topological polar surface area (TPSA) is 29.5 Å². The summed E-state index contributed by atoms with van der Waals surface area (Å²) in [5, 5.41) is 9.11. The number of benzene rings is 2. The SMILES string of the molecule is Oc1ccc(OCC#C[Se]c2ccccc2)cc1. The van der Waals surface area contributed by atoms with E-state index in [1.165, 1.54) is 4.46 Å². The Bertz CT molecular complexity index is 538. The number of phenols is 1. The maximum absolute atomic E-state index is 9.11. The first-order chi connectivity index (χ1) is 8.84. The number of phenolic OH excluding ortho intramolecular Hbond substituents is 1. The average Bonchev–Trinajstić information content (AvgIpc) is 2.42. The molecular weight excluding hydrogens is 291 g/mol. The standard InChI is InChI=1S/C15H12O2Se/c16-13-7-9-14(10-8-13)17-11-4-12-18-15-5-2-1-3-6-15/h1-3,5-10,16H,11H2. The number of ether oxygens (including phenoxy) is 1. The van der Waals surface area contributed by atoms with Gasteiger partial charge in [0.1, 0.15) is 0 Å². The van der Waals surface area contributed by atoms with Gasteiger partial charge in [0.2, 0.25) is 0 Å². The fourth-order valence-corrected chi connectivity index (χ4v) is 2.41. The summed E-state index contributed by atoms with van der Waals surface area (Å²) in [5.41, 5.74) is 0. The Morgan fingerprint density at radius 1 is 1.00 bits per heavy atom. The van der Waals surface area contributed by atoms with Gasteiger partial charge in [-0.2, -0.15) is 0 Å². The van der Waals surface area contributed by atoms with Crippen LogP contribution < -0.4 is 9.20 Å². The van der Waals surface area contributed by atoms with Gasteiger partial charge >= 0.3 is 113 Å². The van der Waals surface area contributed by atoms with Crippen LogP contribution in [0.3, 0.4) is 0 Å². The fourth-order valence-electron chi connectivity index (χ4n) is 1.27. The molecule has 2 aromatic carbocycles. The molecule has 0 radical (unpaired) electrons. The number of aromatic hydroxyl groups is 1. The molecule has 0 fully saturated rings. The summed E-state index contributed by atoms with van der Waals surface area (Å²) in [6, 6.07) is 16.8. The first-order valence-electron chi connectivity index (χ1n) is 5.46. The van der Waals surface area contributed by atoms with Gasteiger partial charge in [-0.25, -0.2) is 0 Å². The molecule has 0 aliphatic carbocycles. The van der Waals surface area contributed by atoms with Crippen LogP contribution in [0, 0.1) is 10.7 Å². The van der Waals surface area contributed by atoms with E-state index in [1.807, 2.05) is 18.2 Å². The molecule has 0 amide bonds. The molecule has 0 bridgehead atoms. The van der Waals surface area contributed by atoms with Gasteiger partial charge < -0.3 is 0 Å². The Balaban J connectivity index is 1.77. The summed E-state index contributed by atoms with van der Waals surface area (Å²) in [4.78, 5) is 3.12. The van der Waals surface area contributed by atoms with Crippen LogP contribution >= 0.6 is 0 Å². The van der Waals surface area contributed by atoms with E-state index in [4.69, 9.17) is 9.84 Å². The van der Waals surface area contributed by atoms with Crippen molar-refractivity contribution in [2.24, 2.45) is 0 Å². The normalized spacial score (nSPS) is 9.33. The van der Waals surface area contributed by atoms with Crippen molar-refractivity contribution in [3.63, 3.8) is 0 Å². The molecule has 2 aromatic rings. The molecule has 2 rings (SSSR count). The molecule has 0 heterocycles. The van der Waals surface area contributed by atoms with E-state index in [2.05, 4.69) is 22.9 Å². The first-order valence-corrected chi connectivity index (χ1v) is 7.17. The Labute approximate surface area is 113 Å². The molecule has 0 unspecified atom stereocenters. The minimum absolute atomic E-state index is 0.180. The molecule has 1 N–H and O–H groups in total. The zero-order valence-electron chi connectivity index (χ0n) is 9.67. The van der Waals surface area contributed by atoms with Gasteiger partial charge in [-0.05, 0) is 0 Å². The molecule has 0 spiro atoms. The van der Waals surface area contributed by atoms with Gasteiger partial charge in [-0.15, -0.1) is 0 Å². The molecule has 0 aromatic heterocycles. The van der Waals surface area contributed by atoms with Crippen molar-refractivity contribution in [2.45, 2.75) is 0 Å². The maximum atomic E-state index is 9.11. The van der Waals surface area contributed by atoms with E-state index < -0.39 is 0 Å². The zero-order chi connectivity index (χ0) is 12.6. The molecule has 90 valence electrons. The van der Waals surface area contributed by atoms with Gasteiger partial charge in [0, 0.05) is 0 Å². The van der Waals surface area contributed by atoms with Crippen LogP contribution in [-0.4, -0.2) is 26.7 Å². The molecular formula is C15H12O2Se. The van der Waals surface area contributed by atoms with Crippen LogP contribution in [0.15, 0.2) is 54.6 Å². The second-order valence-electron chi connectivity index (χ2n) is 3.48. The molecule has 0 saturated heterocycles. The minimum atomic E-state index is 0.180. The van der Waals surface area contributed by atoms with E-state index in [0.717, 1.165) is 0 Å². The van der Waals surface area contributed by atoms with Crippen LogP contribution in [0.1, 0.15) is 0 Å². The Hall–Kier alpha value is -1.88. The van der Waals surface area contributed by atoms with Crippen LogP contribution in [0.25, 0.3) is 0 Å². The molecule has 2 nitrogen and oxygen atoms in total. The predicted molar refractivity (Wildman–Crippen MR) is 73.2 cm³/mol. The predicted octanol–water partition coefficient (Wildman–Crippen LogP) is 1.76. The van der Waals surface area contributed by atoms with Crippen molar-refractivity contribution < 1.29 is 9.84 Å². The van der Waals surface area contributed by atoms with Crippen LogP contribution in [0.2, 0.25) is 0 Å². The van der Waals surface area contributed by atoms with E-state index in [-0.39, 0.29) is 20.7 Å². The van der Waals surface area contributed by atoms with E-state index in [9.17, 15) is 0 Å². The van der Waals surface area contributed by atoms with Gasteiger partial charge in [0.25, 0.3) is 0 Å². The quantitative estimate of drug-likeness (QED) is 0.692. The molecule has 0 aliphatic heterocycles. The molecule has 0 saturated carbocycles. The summed E-state index contributed by atoms with van der Waals surface area (Å²) < 4.78 is 6.69. The number of hydrogen-bond acceptors (Lipinski definition) is 2. The molecule has 3 heteroatoms. The van der Waals surface area contributed by atoms with Crippen molar-refractivity contribution in [2.75, 3.05) is 6.61 Å². The van der Waals surface area contributed by atoms with Crippen molar-refractivity contribution in [1.82, 2.24) is 0 Å². The second-order valence-corrected chi connectivity index (χ2v) is 5.32. The Morgan fingerprint density at radius 2 is 1.72 bits per heavy atom. The third-order valence-corrected chi connectivity index (χ3v) is 3.71. The van der Waals surface area contributed by atoms with Crippen molar-refractivity contribution >= 4 is 19.4 Å². The van der Waals surface area contributed by atoms with Gasteiger partial charge in [-0.1, -0.05) is 0 Å². The summed E-state index contributed by atoms with van der Waals surface area (Å²) in [7, 11) is 0. The van der Waals surface area contributed by atoms with E-state index in [0.29, 0.717) is 12.4 Å². The Morgan fingerprint density at radius 3 is 2.44 bits per heavy atom. The zero-order valence-corrected chi connectivity index (χ0v) is 11.4. The van der Waals surface area contributed by atoms with Gasteiger partial charge in [0.15, 0.2) is 0 Å². The number of rotatable bonds is 3. The van der Waals surface area contributed by atoms with Crippen LogP contribution in [-0.2, 0) is 0 Å². The van der Waals surface area contributed by atoms with Crippen molar-refractivity contribution in [1.29, 1.82) is 0 Å². The summed E-state index contributed by atoms with van der Waals surface area (Å²) in [6.07, 6.45) is 0. The third-order valence-electron chi connectivity index (χ3n) is 2.13. The number of hydrogen-bond donors (Lipinski definition) is 1. The summed E-state index contributed by atoms with van der Waals surface area (Å²) in [5.74, 6) is 3.94. The molecule has 18 heavy (non-hydrogen) atoms. The first kappa shape index (κ1) is 12.6. The Kier molecular flexibility index (Phi) is 4.72. The molecule has 0 atom stereocenters. The monoisotopic (exact) mass is 304 g/mol. The summed E-state index contributed by atoms with van der Waals surface area (Å²) in [6.45, 7) is 0.374. The summed E-state index contributed by atoms with van der Waals surface area (Å²) >= 11 is 0.180. The van der Waals surface area contributed by atoms with Crippen molar-refractivity contribution in [3.8, 4) is 22.2 Å². The van der Waals surface area contributed by atoms with Gasteiger partial charge in [0.05, 0.1) is 0 Å². The average molecular weight is 303 g/mol. The van der Waals surface area contributed by atoms with Crippen molar-refractivity contribution in [3.05, 3.63) is 54.6 Å². The van der Waals surface area contributed by atoms with Crippen LogP contribution in [0.5, 0.6) is 11.5 Å². The second kappa shape index (κ2) is 6.76. The van der Waals surface area contributed by atoms with E-state index in [1.54, 1.807) is 24.3 Å². The van der Waals surface area contributed by atoms with Gasteiger partial charge in [-0.3, -0.25) is 0 Å². The molecule has 0 aliphatic rings. The fraction of sp³-hybridized carbons (Fsp3) is 0.0667.